The number of aliphatic hydroxyl groups excluding tert-OH is 1. The van der Waals surface area contributed by atoms with Gasteiger partial charge in [0.05, 0.1) is 18.1 Å². The van der Waals surface area contributed by atoms with Gasteiger partial charge in [0.15, 0.2) is 9.84 Å². The van der Waals surface area contributed by atoms with Crippen LogP contribution < -0.4 is 0 Å². The molecule has 1 aliphatic heterocycles. The van der Waals surface area contributed by atoms with Crippen LogP contribution in [-0.4, -0.2) is 67.2 Å². The van der Waals surface area contributed by atoms with Crippen molar-refractivity contribution in [2.75, 3.05) is 37.5 Å². The van der Waals surface area contributed by atoms with Gasteiger partial charge in [-0.3, -0.25) is 4.90 Å². The summed E-state index contributed by atoms with van der Waals surface area (Å²) in [6.07, 6.45) is 1.97. The molecule has 2 atom stereocenters. The standard InChI is InChI=1S/C9H19NO3S2/c1-8(9(7-11)14-2)10-3-5-15(12,13)6-4-10/h8-9,11H,3-7H2,1-2H3. The first-order valence-electron chi connectivity index (χ1n) is 5.08. The molecule has 0 aromatic carbocycles. The maximum absolute atomic E-state index is 11.2. The summed E-state index contributed by atoms with van der Waals surface area (Å²) >= 11 is 1.63. The molecule has 2 unspecified atom stereocenters. The maximum Gasteiger partial charge on any atom is 0.152 e. The number of thioether (sulfide) groups is 1. The maximum atomic E-state index is 11.2. The summed E-state index contributed by atoms with van der Waals surface area (Å²) in [6.45, 7) is 3.39. The van der Waals surface area contributed by atoms with Gasteiger partial charge in [0.25, 0.3) is 0 Å². The van der Waals surface area contributed by atoms with Crippen molar-refractivity contribution in [2.45, 2.75) is 18.2 Å². The molecular formula is C9H19NO3S2. The largest absolute Gasteiger partial charge is 0.395 e. The quantitative estimate of drug-likeness (QED) is 0.754. The monoisotopic (exact) mass is 253 g/mol. The van der Waals surface area contributed by atoms with Crippen LogP contribution in [0.15, 0.2) is 0 Å². The van der Waals surface area contributed by atoms with E-state index in [-0.39, 0.29) is 29.4 Å². The van der Waals surface area contributed by atoms with Gasteiger partial charge >= 0.3 is 0 Å². The molecular weight excluding hydrogens is 234 g/mol. The van der Waals surface area contributed by atoms with E-state index in [4.69, 9.17) is 5.11 Å². The van der Waals surface area contributed by atoms with Crippen LogP contribution in [-0.2, 0) is 9.84 Å². The molecule has 0 aromatic rings. The molecule has 0 aromatic heterocycles. The molecule has 0 aliphatic carbocycles. The summed E-state index contributed by atoms with van der Waals surface area (Å²) < 4.78 is 22.5. The van der Waals surface area contributed by atoms with Crippen molar-refractivity contribution in [1.29, 1.82) is 0 Å². The minimum absolute atomic E-state index is 0.144. The molecule has 1 saturated heterocycles. The second kappa shape index (κ2) is 5.52. The lowest BCUT2D eigenvalue weighted by Gasteiger charge is -2.35. The number of rotatable bonds is 4. The second-order valence-corrected chi connectivity index (χ2v) is 7.27. The predicted octanol–water partition coefficient (Wildman–Crippen LogP) is -0.171. The number of hydrogen-bond donors (Lipinski definition) is 1. The number of aliphatic hydroxyl groups is 1. The Balaban J connectivity index is 2.52. The normalized spacial score (nSPS) is 26.1. The van der Waals surface area contributed by atoms with E-state index in [9.17, 15) is 8.42 Å². The number of hydrogen-bond acceptors (Lipinski definition) is 5. The Labute approximate surface area is 96.0 Å². The first-order chi connectivity index (χ1) is 7.00. The highest BCUT2D eigenvalue weighted by Crippen LogP contribution is 2.18. The van der Waals surface area contributed by atoms with E-state index in [2.05, 4.69) is 11.8 Å². The van der Waals surface area contributed by atoms with Crippen LogP contribution in [0, 0.1) is 0 Å². The topological polar surface area (TPSA) is 57.6 Å². The van der Waals surface area contributed by atoms with Gasteiger partial charge in [0, 0.05) is 24.4 Å². The molecule has 1 heterocycles. The Morgan fingerprint density at radius 2 is 1.93 bits per heavy atom. The van der Waals surface area contributed by atoms with Crippen LogP contribution in [0.1, 0.15) is 6.92 Å². The SMILES string of the molecule is CSC(CO)C(C)N1CCS(=O)(=O)CC1. The van der Waals surface area contributed by atoms with E-state index in [1.54, 1.807) is 11.8 Å². The molecule has 15 heavy (non-hydrogen) atoms. The highest BCUT2D eigenvalue weighted by molar-refractivity contribution is 7.99. The highest BCUT2D eigenvalue weighted by Gasteiger charge is 2.28. The van der Waals surface area contributed by atoms with Crippen molar-refractivity contribution in [3.8, 4) is 0 Å². The fourth-order valence-electron chi connectivity index (χ4n) is 1.79. The minimum atomic E-state index is -2.80. The highest BCUT2D eigenvalue weighted by atomic mass is 32.2. The van der Waals surface area contributed by atoms with E-state index in [1.807, 2.05) is 6.26 Å². The minimum Gasteiger partial charge on any atom is -0.395 e. The van der Waals surface area contributed by atoms with Gasteiger partial charge in [-0.1, -0.05) is 0 Å². The molecule has 1 rings (SSSR count). The average Bonchev–Trinajstić information content (AvgIpc) is 2.19. The van der Waals surface area contributed by atoms with E-state index in [0.717, 1.165) is 0 Å². The third kappa shape index (κ3) is 3.62. The van der Waals surface area contributed by atoms with E-state index in [1.165, 1.54) is 0 Å². The van der Waals surface area contributed by atoms with Crippen molar-refractivity contribution in [2.24, 2.45) is 0 Å². The summed E-state index contributed by atoms with van der Waals surface area (Å²) in [5.74, 6) is 0.508. The fraction of sp³-hybridized carbons (Fsp3) is 1.00. The van der Waals surface area contributed by atoms with Crippen LogP contribution >= 0.6 is 11.8 Å². The second-order valence-electron chi connectivity index (χ2n) is 3.89. The van der Waals surface area contributed by atoms with Gasteiger partial charge in [0.1, 0.15) is 0 Å². The van der Waals surface area contributed by atoms with Crippen molar-refractivity contribution < 1.29 is 13.5 Å². The Morgan fingerprint density at radius 1 is 1.40 bits per heavy atom. The smallest absolute Gasteiger partial charge is 0.152 e. The van der Waals surface area contributed by atoms with Crippen LogP contribution in [0.3, 0.4) is 0 Å². The van der Waals surface area contributed by atoms with Gasteiger partial charge in [-0.15, -0.1) is 0 Å². The first kappa shape index (κ1) is 13.3. The molecule has 0 radical (unpaired) electrons. The summed E-state index contributed by atoms with van der Waals surface area (Å²) in [5.41, 5.74) is 0. The van der Waals surface area contributed by atoms with E-state index < -0.39 is 9.84 Å². The molecule has 1 N–H and O–H groups in total. The lowest BCUT2D eigenvalue weighted by atomic mass is 10.2. The van der Waals surface area contributed by atoms with Crippen molar-refractivity contribution in [1.82, 2.24) is 4.90 Å². The molecule has 1 aliphatic rings. The van der Waals surface area contributed by atoms with Crippen molar-refractivity contribution >= 4 is 21.6 Å². The molecule has 1 fully saturated rings. The van der Waals surface area contributed by atoms with Gasteiger partial charge < -0.3 is 5.11 Å². The lowest BCUT2D eigenvalue weighted by molar-refractivity contribution is 0.185. The van der Waals surface area contributed by atoms with E-state index in [0.29, 0.717) is 13.1 Å². The summed E-state index contributed by atoms with van der Waals surface area (Å²) in [7, 11) is -2.80. The average molecular weight is 253 g/mol. The zero-order valence-corrected chi connectivity index (χ0v) is 10.9. The van der Waals surface area contributed by atoms with Gasteiger partial charge in [0.2, 0.25) is 0 Å². The number of nitrogens with zero attached hydrogens (tertiary/aromatic N) is 1. The molecule has 0 spiro atoms. The van der Waals surface area contributed by atoms with Crippen LogP contribution in [0.4, 0.5) is 0 Å². The van der Waals surface area contributed by atoms with Crippen LogP contribution in [0.25, 0.3) is 0 Å². The first-order valence-corrected chi connectivity index (χ1v) is 8.19. The molecule has 6 heteroatoms. The fourth-order valence-corrected chi connectivity index (χ4v) is 3.74. The van der Waals surface area contributed by atoms with Crippen molar-refractivity contribution in [3.05, 3.63) is 0 Å². The Morgan fingerprint density at radius 3 is 2.33 bits per heavy atom. The summed E-state index contributed by atoms with van der Waals surface area (Å²) in [4.78, 5) is 2.15. The summed E-state index contributed by atoms with van der Waals surface area (Å²) in [5, 5.41) is 9.34. The third-order valence-corrected chi connectivity index (χ3v) is 5.73. The van der Waals surface area contributed by atoms with Crippen LogP contribution in [0.5, 0.6) is 0 Å². The Hall–Kier alpha value is 0.220. The van der Waals surface area contributed by atoms with Gasteiger partial charge in [-0.25, -0.2) is 8.42 Å². The molecule has 0 bridgehead atoms. The van der Waals surface area contributed by atoms with Gasteiger partial charge in [-0.2, -0.15) is 11.8 Å². The third-order valence-electron chi connectivity index (χ3n) is 2.98. The molecule has 90 valence electrons. The van der Waals surface area contributed by atoms with Gasteiger partial charge in [-0.05, 0) is 13.2 Å². The zero-order valence-electron chi connectivity index (χ0n) is 9.22. The van der Waals surface area contributed by atoms with Crippen molar-refractivity contribution in [3.63, 3.8) is 0 Å². The molecule has 0 amide bonds. The summed E-state index contributed by atoms with van der Waals surface area (Å²) in [6, 6.07) is 0.237. The Bertz CT molecular complexity index is 274. The molecule has 4 nitrogen and oxygen atoms in total. The predicted molar refractivity (Wildman–Crippen MR) is 64.1 cm³/mol. The van der Waals surface area contributed by atoms with Crippen LogP contribution in [0.2, 0.25) is 0 Å². The molecule has 0 saturated carbocycles. The Kier molecular flexibility index (Phi) is 4.89. The zero-order chi connectivity index (χ0) is 11.5. The van der Waals surface area contributed by atoms with E-state index >= 15 is 0 Å². The number of sulfone groups is 1. The lowest BCUT2D eigenvalue weighted by Crippen LogP contribution is -2.49.